The number of carbonyl (C=O) groups excluding carboxylic acids is 1. The van der Waals surface area contributed by atoms with Crippen LogP contribution in [0.2, 0.25) is 0 Å². The number of hydrogen-bond acceptors (Lipinski definition) is 3. The number of hydrogen-bond donors (Lipinski definition) is 2. The summed E-state index contributed by atoms with van der Waals surface area (Å²) in [6.07, 6.45) is 3.44. The minimum Gasteiger partial charge on any atom is -0.368 e. The summed E-state index contributed by atoms with van der Waals surface area (Å²) in [7, 11) is 1.76. The van der Waals surface area contributed by atoms with E-state index in [1.165, 1.54) is 5.69 Å². The molecule has 0 saturated heterocycles. The van der Waals surface area contributed by atoms with Crippen LogP contribution in [0, 0.1) is 13.8 Å². The Morgan fingerprint density at radius 2 is 2.24 bits per heavy atom. The minimum atomic E-state index is -0.621. The zero-order chi connectivity index (χ0) is 13.1. The summed E-state index contributed by atoms with van der Waals surface area (Å²) < 4.78 is 2.10. The van der Waals surface area contributed by atoms with Crippen molar-refractivity contribution in [2.45, 2.75) is 45.7 Å². The molecule has 0 aliphatic heterocycles. The van der Waals surface area contributed by atoms with Crippen LogP contribution in [0.25, 0.3) is 0 Å². The molecule has 3 N–H and O–H groups in total. The quantitative estimate of drug-likeness (QED) is 0.768. The van der Waals surface area contributed by atoms with Crippen LogP contribution in [-0.2, 0) is 11.3 Å². The molecule has 0 bridgehead atoms. The van der Waals surface area contributed by atoms with Gasteiger partial charge in [-0.1, -0.05) is 0 Å². The number of imidazole rings is 1. The van der Waals surface area contributed by atoms with E-state index in [2.05, 4.69) is 14.9 Å². The lowest BCUT2D eigenvalue weighted by molar-refractivity contribution is -0.123. The number of nitrogens with zero attached hydrogens (tertiary/aromatic N) is 2. The van der Waals surface area contributed by atoms with Crippen LogP contribution in [0.3, 0.4) is 0 Å². The fourth-order valence-electron chi connectivity index (χ4n) is 1.74. The number of likely N-dealkylation sites (N-methyl/N-ethyl adjacent to an activating group) is 1. The number of aromatic nitrogens is 2. The first-order valence-electron chi connectivity index (χ1n) is 5.88. The first kappa shape index (κ1) is 13.7. The van der Waals surface area contributed by atoms with Crippen molar-refractivity contribution in [1.82, 2.24) is 14.9 Å². The SMILES string of the molecule is CNC(C)(CCCn1cnc(C)c1C)C(N)=O. The van der Waals surface area contributed by atoms with E-state index in [4.69, 9.17) is 5.73 Å². The van der Waals surface area contributed by atoms with Crippen LogP contribution in [0.15, 0.2) is 6.33 Å². The molecule has 96 valence electrons. The van der Waals surface area contributed by atoms with Crippen LogP contribution in [0.4, 0.5) is 0 Å². The molecule has 0 aromatic carbocycles. The van der Waals surface area contributed by atoms with Gasteiger partial charge in [-0.25, -0.2) is 4.98 Å². The van der Waals surface area contributed by atoms with E-state index in [1.54, 1.807) is 7.05 Å². The zero-order valence-corrected chi connectivity index (χ0v) is 11.1. The van der Waals surface area contributed by atoms with E-state index in [1.807, 2.05) is 27.1 Å². The highest BCUT2D eigenvalue weighted by atomic mass is 16.1. The van der Waals surface area contributed by atoms with Crippen molar-refractivity contribution < 1.29 is 4.79 Å². The van der Waals surface area contributed by atoms with E-state index < -0.39 is 5.54 Å². The molecule has 0 fully saturated rings. The molecule has 1 aromatic heterocycles. The Kier molecular flexibility index (Phi) is 4.28. The number of rotatable bonds is 6. The molecule has 1 rings (SSSR count). The summed E-state index contributed by atoms with van der Waals surface area (Å²) in [6.45, 7) is 6.74. The molecule has 0 spiro atoms. The van der Waals surface area contributed by atoms with Gasteiger partial charge in [0.2, 0.25) is 5.91 Å². The molecule has 0 radical (unpaired) electrons. The van der Waals surface area contributed by atoms with E-state index in [0.29, 0.717) is 0 Å². The van der Waals surface area contributed by atoms with Crippen molar-refractivity contribution in [2.75, 3.05) is 7.05 Å². The third-order valence-electron chi connectivity index (χ3n) is 3.52. The summed E-state index contributed by atoms with van der Waals surface area (Å²) in [5.74, 6) is -0.307. The summed E-state index contributed by atoms with van der Waals surface area (Å²) >= 11 is 0. The van der Waals surface area contributed by atoms with Crippen LogP contribution in [0.5, 0.6) is 0 Å². The molecular weight excluding hydrogens is 216 g/mol. The van der Waals surface area contributed by atoms with Gasteiger partial charge < -0.3 is 15.6 Å². The average molecular weight is 238 g/mol. The van der Waals surface area contributed by atoms with Gasteiger partial charge in [0.25, 0.3) is 0 Å². The second-order valence-electron chi connectivity index (χ2n) is 4.66. The van der Waals surface area contributed by atoms with Gasteiger partial charge >= 0.3 is 0 Å². The van der Waals surface area contributed by atoms with E-state index in [9.17, 15) is 4.79 Å². The van der Waals surface area contributed by atoms with Crippen molar-refractivity contribution >= 4 is 5.91 Å². The highest BCUT2D eigenvalue weighted by Gasteiger charge is 2.28. The molecule has 0 aliphatic carbocycles. The highest BCUT2D eigenvalue weighted by Crippen LogP contribution is 2.13. The zero-order valence-electron chi connectivity index (χ0n) is 11.1. The molecule has 5 nitrogen and oxygen atoms in total. The lowest BCUT2D eigenvalue weighted by Gasteiger charge is -2.25. The van der Waals surface area contributed by atoms with Crippen molar-refractivity contribution in [3.8, 4) is 0 Å². The highest BCUT2D eigenvalue weighted by molar-refractivity contribution is 5.84. The summed E-state index contributed by atoms with van der Waals surface area (Å²) in [5.41, 5.74) is 6.98. The predicted molar refractivity (Wildman–Crippen MR) is 67.6 cm³/mol. The second kappa shape index (κ2) is 5.31. The number of amides is 1. The maximum absolute atomic E-state index is 11.3. The predicted octanol–water partition coefficient (Wildman–Crippen LogP) is 0.744. The molecule has 1 heterocycles. The molecule has 5 heteroatoms. The van der Waals surface area contributed by atoms with Crippen LogP contribution >= 0.6 is 0 Å². The fraction of sp³-hybridized carbons (Fsp3) is 0.667. The Bertz CT molecular complexity index is 399. The van der Waals surface area contributed by atoms with E-state index in [0.717, 1.165) is 25.1 Å². The molecule has 1 unspecified atom stereocenters. The first-order valence-corrected chi connectivity index (χ1v) is 5.88. The number of nitrogens with one attached hydrogen (secondary N) is 1. The maximum Gasteiger partial charge on any atom is 0.237 e. The van der Waals surface area contributed by atoms with Gasteiger partial charge in [0.15, 0.2) is 0 Å². The molecule has 1 amide bonds. The number of nitrogens with two attached hydrogens (primary N) is 1. The summed E-state index contributed by atoms with van der Waals surface area (Å²) in [6, 6.07) is 0. The van der Waals surface area contributed by atoms with Gasteiger partial charge in [-0.05, 0) is 40.7 Å². The van der Waals surface area contributed by atoms with Crippen molar-refractivity contribution in [1.29, 1.82) is 0 Å². The van der Waals surface area contributed by atoms with Crippen molar-refractivity contribution in [2.24, 2.45) is 5.73 Å². The van der Waals surface area contributed by atoms with Crippen LogP contribution in [0.1, 0.15) is 31.2 Å². The van der Waals surface area contributed by atoms with Gasteiger partial charge in [0.05, 0.1) is 17.6 Å². The Balaban J connectivity index is 2.53. The number of primary amides is 1. The normalized spacial score (nSPS) is 14.6. The maximum atomic E-state index is 11.3. The summed E-state index contributed by atoms with van der Waals surface area (Å²) in [4.78, 5) is 15.5. The van der Waals surface area contributed by atoms with Gasteiger partial charge in [0, 0.05) is 12.2 Å². The molecular formula is C12H22N4O. The van der Waals surface area contributed by atoms with Crippen molar-refractivity contribution in [3.05, 3.63) is 17.7 Å². The Morgan fingerprint density at radius 3 is 2.65 bits per heavy atom. The van der Waals surface area contributed by atoms with Crippen LogP contribution < -0.4 is 11.1 Å². The first-order chi connectivity index (χ1) is 7.90. The van der Waals surface area contributed by atoms with Crippen LogP contribution in [-0.4, -0.2) is 28.0 Å². The van der Waals surface area contributed by atoms with Gasteiger partial charge in [-0.15, -0.1) is 0 Å². The van der Waals surface area contributed by atoms with Crippen molar-refractivity contribution in [3.63, 3.8) is 0 Å². The Hall–Kier alpha value is -1.36. The average Bonchev–Trinajstić information content (AvgIpc) is 2.60. The number of aryl methyl sites for hydroxylation is 2. The smallest absolute Gasteiger partial charge is 0.237 e. The van der Waals surface area contributed by atoms with E-state index >= 15 is 0 Å². The third kappa shape index (κ3) is 3.06. The standard InChI is InChI=1S/C12H22N4O/c1-9-10(2)16(8-15-9)7-5-6-12(3,14-4)11(13)17/h8,14H,5-7H2,1-4H3,(H2,13,17). The second-order valence-corrected chi connectivity index (χ2v) is 4.66. The van der Waals surface area contributed by atoms with Gasteiger partial charge in [-0.2, -0.15) is 0 Å². The summed E-state index contributed by atoms with van der Waals surface area (Å²) in [5, 5.41) is 2.98. The topological polar surface area (TPSA) is 72.9 Å². The lowest BCUT2D eigenvalue weighted by atomic mass is 9.95. The van der Waals surface area contributed by atoms with E-state index in [-0.39, 0.29) is 5.91 Å². The largest absolute Gasteiger partial charge is 0.368 e. The molecule has 1 aromatic rings. The molecule has 0 saturated carbocycles. The Morgan fingerprint density at radius 1 is 1.59 bits per heavy atom. The molecule has 0 aliphatic rings. The monoisotopic (exact) mass is 238 g/mol. The lowest BCUT2D eigenvalue weighted by Crippen LogP contribution is -2.51. The Labute approximate surface area is 102 Å². The van der Waals surface area contributed by atoms with Gasteiger partial charge in [0.1, 0.15) is 0 Å². The minimum absolute atomic E-state index is 0.307. The number of carbonyl (C=O) groups is 1. The fourth-order valence-corrected chi connectivity index (χ4v) is 1.74. The molecule has 17 heavy (non-hydrogen) atoms. The van der Waals surface area contributed by atoms with Gasteiger partial charge in [-0.3, -0.25) is 4.79 Å². The molecule has 1 atom stereocenters. The third-order valence-corrected chi connectivity index (χ3v) is 3.52.